The molecule has 1 unspecified atom stereocenters. The van der Waals surface area contributed by atoms with Crippen LogP contribution < -0.4 is 7.02 Å². The van der Waals surface area contributed by atoms with E-state index in [0.29, 0.717) is 10.5 Å². The van der Waals surface area contributed by atoms with Gasteiger partial charge in [0.1, 0.15) is 0 Å². The molecule has 0 spiro atoms. The van der Waals surface area contributed by atoms with Gasteiger partial charge in [-0.15, -0.1) is 0 Å². The van der Waals surface area contributed by atoms with Gasteiger partial charge in [0.25, 0.3) is 0 Å². The predicted molar refractivity (Wildman–Crippen MR) is 95.5 cm³/mol. The van der Waals surface area contributed by atoms with Crippen molar-refractivity contribution in [2.45, 2.75) is 10.8 Å². The van der Waals surface area contributed by atoms with E-state index in [1.807, 2.05) is 0 Å². The molecular weight excluding hydrogens is 394 g/mol. The summed E-state index contributed by atoms with van der Waals surface area (Å²) in [6, 6.07) is 21.6. The van der Waals surface area contributed by atoms with Crippen molar-refractivity contribution in [1.82, 2.24) is 0 Å². The van der Waals surface area contributed by atoms with Gasteiger partial charge in [0.05, 0.1) is 0 Å². The number of rotatable bonds is 5. The molecule has 0 saturated heterocycles. The van der Waals surface area contributed by atoms with Crippen LogP contribution in [-0.2, 0) is 9.53 Å². The van der Waals surface area contributed by atoms with E-state index in [0.717, 1.165) is 0 Å². The van der Waals surface area contributed by atoms with Gasteiger partial charge in [-0.2, -0.15) is 0 Å². The second-order valence-electron chi connectivity index (χ2n) is 5.39. The molecule has 3 heteroatoms. The summed E-state index contributed by atoms with van der Waals surface area (Å²) in [4.78, 5) is 11.2. The summed E-state index contributed by atoms with van der Waals surface area (Å²) in [5.41, 5.74) is 1.22. The van der Waals surface area contributed by atoms with E-state index in [1.165, 1.54) is 19.5 Å². The van der Waals surface area contributed by atoms with Crippen LogP contribution >= 0.6 is 0 Å². The van der Waals surface area contributed by atoms with E-state index in [9.17, 15) is 4.79 Å². The molecule has 0 radical (unpaired) electrons. The number of allylic oxidation sites excluding steroid dienone is 3. The van der Waals surface area contributed by atoms with Crippen LogP contribution in [0.25, 0.3) is 0 Å². The number of ether oxygens (including phenoxy) is 1. The normalized spacial score (nSPS) is 16.4. The summed E-state index contributed by atoms with van der Waals surface area (Å²) in [6.45, 7) is 1.86. The molecule has 2 nitrogen and oxygen atoms in total. The Bertz CT molecular complexity index is 680. The third-order valence-corrected chi connectivity index (χ3v) is 11.7. The van der Waals surface area contributed by atoms with Gasteiger partial charge in [0.2, 0.25) is 0 Å². The number of carbonyl (C=O) groups is 1. The molecule has 0 aromatic heterocycles. The monoisotopic (exact) mass is 412 g/mol. The Balaban J connectivity index is 1.94. The Morgan fingerprint density at radius 3 is 2.09 bits per heavy atom. The SMILES string of the molecule is CC(=O)OCC1=CC=C[CH]1[Sb]([c]1ccccc1)[c]1ccccc1. The fraction of sp³-hybridized carbons (Fsp3) is 0.150. The fourth-order valence-corrected chi connectivity index (χ4v) is 10.4. The third-order valence-electron chi connectivity index (χ3n) is 3.77. The van der Waals surface area contributed by atoms with Crippen LogP contribution in [0, 0.1) is 0 Å². The summed E-state index contributed by atoms with van der Waals surface area (Å²) in [6.07, 6.45) is 6.49. The van der Waals surface area contributed by atoms with Crippen molar-refractivity contribution in [2.24, 2.45) is 0 Å². The molecule has 23 heavy (non-hydrogen) atoms. The zero-order valence-corrected chi connectivity index (χ0v) is 15.6. The van der Waals surface area contributed by atoms with Gasteiger partial charge in [-0.25, -0.2) is 0 Å². The number of hydrogen-bond donors (Lipinski definition) is 0. The summed E-state index contributed by atoms with van der Waals surface area (Å²) >= 11 is -2.01. The molecule has 1 aliphatic rings. The topological polar surface area (TPSA) is 26.3 Å². The average molecular weight is 413 g/mol. The summed E-state index contributed by atoms with van der Waals surface area (Å²) < 4.78 is 8.55. The minimum absolute atomic E-state index is 0.223. The van der Waals surface area contributed by atoms with Crippen LogP contribution in [0.5, 0.6) is 0 Å². The zero-order chi connectivity index (χ0) is 16.1. The molecule has 0 fully saturated rings. The first-order valence-corrected chi connectivity index (χ1v) is 11.7. The van der Waals surface area contributed by atoms with Gasteiger partial charge in [0.15, 0.2) is 0 Å². The standard InChI is InChI=1S/C8H9O2.2C6H5.Sb/c1-7(9)10-6-8-4-2-3-5-8;2*1-2-4-6-5-3-1;/h2-5H,6H2,1H3;2*1-5H;. The van der Waals surface area contributed by atoms with Crippen molar-refractivity contribution < 1.29 is 9.53 Å². The van der Waals surface area contributed by atoms with E-state index < -0.39 is 20.2 Å². The number of carbonyl (C=O) groups excluding carboxylic acids is 1. The van der Waals surface area contributed by atoms with Crippen molar-refractivity contribution in [3.05, 3.63) is 84.5 Å². The number of esters is 1. The van der Waals surface area contributed by atoms with Gasteiger partial charge in [-0.05, 0) is 0 Å². The molecule has 0 aliphatic heterocycles. The second-order valence-corrected chi connectivity index (χ2v) is 12.0. The molecular formula is C20H19O2Sb. The second kappa shape index (κ2) is 7.66. The molecule has 2 aromatic carbocycles. The van der Waals surface area contributed by atoms with Crippen LogP contribution in [0.3, 0.4) is 0 Å². The molecule has 2 aromatic rings. The van der Waals surface area contributed by atoms with E-state index in [-0.39, 0.29) is 5.97 Å². The van der Waals surface area contributed by atoms with Gasteiger partial charge >= 0.3 is 145 Å². The molecule has 0 heterocycles. The summed E-state index contributed by atoms with van der Waals surface area (Å²) in [7, 11) is 0. The van der Waals surface area contributed by atoms with Crippen LogP contribution in [0.2, 0.25) is 3.86 Å². The van der Waals surface area contributed by atoms with Gasteiger partial charge in [-0.1, -0.05) is 0 Å². The summed E-state index contributed by atoms with van der Waals surface area (Å²) in [5, 5.41) is 0. The predicted octanol–water partition coefficient (Wildman–Crippen LogP) is 2.73. The van der Waals surface area contributed by atoms with Gasteiger partial charge in [-0.3, -0.25) is 0 Å². The zero-order valence-electron chi connectivity index (χ0n) is 13.1. The minimum atomic E-state index is -2.01. The molecule has 0 amide bonds. The average Bonchev–Trinajstić information content (AvgIpc) is 3.03. The Kier molecular flexibility index (Phi) is 5.35. The number of hydrogen-bond acceptors (Lipinski definition) is 2. The Hall–Kier alpha value is -1.79. The molecule has 0 N–H and O–H groups in total. The Labute approximate surface area is 144 Å². The van der Waals surface area contributed by atoms with E-state index in [2.05, 4.69) is 78.9 Å². The van der Waals surface area contributed by atoms with Crippen molar-refractivity contribution >= 4 is 33.2 Å². The Morgan fingerprint density at radius 2 is 1.57 bits per heavy atom. The van der Waals surface area contributed by atoms with Crippen LogP contribution in [0.4, 0.5) is 0 Å². The van der Waals surface area contributed by atoms with Gasteiger partial charge in [0, 0.05) is 0 Å². The van der Waals surface area contributed by atoms with Crippen LogP contribution in [0.15, 0.2) is 84.5 Å². The first kappa shape index (κ1) is 16.1. The van der Waals surface area contributed by atoms with Crippen molar-refractivity contribution in [3.63, 3.8) is 0 Å². The van der Waals surface area contributed by atoms with E-state index >= 15 is 0 Å². The van der Waals surface area contributed by atoms with Crippen LogP contribution in [0.1, 0.15) is 6.92 Å². The van der Waals surface area contributed by atoms with E-state index in [1.54, 1.807) is 0 Å². The molecule has 1 atom stereocenters. The molecule has 3 rings (SSSR count). The van der Waals surface area contributed by atoms with Crippen LogP contribution in [-0.4, -0.2) is 32.8 Å². The number of benzene rings is 2. The van der Waals surface area contributed by atoms with E-state index in [4.69, 9.17) is 4.74 Å². The third kappa shape index (κ3) is 3.95. The first-order valence-electron chi connectivity index (χ1n) is 7.65. The maximum atomic E-state index is 11.2. The van der Waals surface area contributed by atoms with Gasteiger partial charge < -0.3 is 0 Å². The molecule has 0 saturated carbocycles. The maximum absolute atomic E-state index is 11.2. The first-order chi connectivity index (χ1) is 11.3. The summed E-state index contributed by atoms with van der Waals surface area (Å²) in [5.74, 6) is -0.223. The molecule has 0 bridgehead atoms. The van der Waals surface area contributed by atoms with Crippen molar-refractivity contribution in [1.29, 1.82) is 0 Å². The van der Waals surface area contributed by atoms with Crippen molar-refractivity contribution in [2.75, 3.05) is 6.61 Å². The van der Waals surface area contributed by atoms with Crippen molar-refractivity contribution in [3.8, 4) is 0 Å². The molecule has 1 aliphatic carbocycles. The fourth-order valence-electron chi connectivity index (χ4n) is 2.72. The Morgan fingerprint density at radius 1 is 1.00 bits per heavy atom. The quantitative estimate of drug-likeness (QED) is 0.557. The molecule has 116 valence electrons.